The van der Waals surface area contributed by atoms with Gasteiger partial charge in [-0.05, 0) is 62.4 Å². The van der Waals surface area contributed by atoms with E-state index in [0.717, 1.165) is 49.0 Å². The molecule has 2 aliphatic heterocycles. The highest BCUT2D eigenvalue weighted by atomic mass is 32.2. The second kappa shape index (κ2) is 8.27. The molecule has 2 N–H and O–H groups in total. The number of nitrogens with one attached hydrogen (secondary N) is 1. The fraction of sp³-hybridized carbons (Fsp3) is 0.450. The quantitative estimate of drug-likeness (QED) is 0.661. The Morgan fingerprint density at radius 2 is 2.07 bits per heavy atom. The van der Waals surface area contributed by atoms with Gasteiger partial charge in [0.15, 0.2) is 5.82 Å². The number of aliphatic carboxylic acids is 1. The minimum atomic E-state index is -0.680. The first-order chi connectivity index (χ1) is 13.2. The third-order valence-corrected chi connectivity index (χ3v) is 6.35. The molecule has 1 saturated heterocycles. The molecule has 0 atom stereocenters. The van der Waals surface area contributed by atoms with Crippen molar-refractivity contribution < 1.29 is 9.90 Å². The lowest BCUT2D eigenvalue weighted by Crippen LogP contribution is -2.33. The van der Waals surface area contributed by atoms with Gasteiger partial charge in [-0.3, -0.25) is 9.69 Å². The van der Waals surface area contributed by atoms with Gasteiger partial charge in [0.25, 0.3) is 0 Å². The zero-order valence-corrected chi connectivity index (χ0v) is 16.0. The van der Waals surface area contributed by atoms with Crippen LogP contribution in [-0.2, 0) is 11.3 Å². The fourth-order valence-corrected chi connectivity index (χ4v) is 4.69. The van der Waals surface area contributed by atoms with Crippen LogP contribution in [0.15, 0.2) is 40.5 Å². The number of carboxylic acid groups (broad SMARTS) is 1. The monoisotopic (exact) mass is 384 g/mol. The van der Waals surface area contributed by atoms with Crippen LogP contribution in [0, 0.1) is 5.92 Å². The molecule has 0 saturated carbocycles. The Bertz CT molecular complexity index is 821. The number of carboxylic acids is 1. The van der Waals surface area contributed by atoms with E-state index in [1.807, 2.05) is 0 Å². The van der Waals surface area contributed by atoms with Crippen LogP contribution in [0.3, 0.4) is 0 Å². The summed E-state index contributed by atoms with van der Waals surface area (Å²) < 4.78 is 0. The highest BCUT2D eigenvalue weighted by Gasteiger charge is 2.21. The Labute approximate surface area is 163 Å². The molecule has 0 spiro atoms. The Kier molecular flexibility index (Phi) is 5.59. The number of fused-ring (bicyclic) bond motifs is 2. The van der Waals surface area contributed by atoms with Crippen LogP contribution in [0.25, 0.3) is 0 Å². The van der Waals surface area contributed by atoms with Crippen molar-refractivity contribution in [2.45, 2.75) is 48.6 Å². The molecule has 2 aromatic rings. The number of nitrogens with zero attached hydrogens (tertiary/aromatic N) is 3. The number of benzene rings is 1. The Morgan fingerprint density at radius 1 is 1.26 bits per heavy atom. The van der Waals surface area contributed by atoms with E-state index in [4.69, 9.17) is 5.11 Å². The summed E-state index contributed by atoms with van der Waals surface area (Å²) in [6.07, 6.45) is 7.91. The summed E-state index contributed by atoms with van der Waals surface area (Å²) in [6.45, 7) is 3.13. The number of rotatable bonds is 6. The molecule has 0 radical (unpaired) electrons. The molecule has 7 heteroatoms. The molecule has 2 aliphatic rings. The Balaban J connectivity index is 1.31. The predicted octanol–water partition coefficient (Wildman–Crippen LogP) is 4.15. The zero-order chi connectivity index (χ0) is 18.6. The van der Waals surface area contributed by atoms with Gasteiger partial charge in [-0.2, -0.15) is 0 Å². The molecule has 0 bridgehead atoms. The molecule has 6 nitrogen and oxygen atoms in total. The van der Waals surface area contributed by atoms with E-state index in [9.17, 15) is 4.79 Å². The van der Waals surface area contributed by atoms with Crippen molar-refractivity contribution >= 4 is 29.2 Å². The van der Waals surface area contributed by atoms with Gasteiger partial charge in [-0.15, -0.1) is 0 Å². The summed E-state index contributed by atoms with van der Waals surface area (Å²) in [6, 6.07) is 6.59. The maximum absolute atomic E-state index is 10.6. The van der Waals surface area contributed by atoms with Gasteiger partial charge in [-0.25, -0.2) is 9.97 Å². The van der Waals surface area contributed by atoms with Crippen molar-refractivity contribution in [3.8, 4) is 0 Å². The van der Waals surface area contributed by atoms with E-state index in [0.29, 0.717) is 12.3 Å². The van der Waals surface area contributed by atoms with E-state index in [-0.39, 0.29) is 0 Å². The number of aromatic nitrogens is 2. The van der Waals surface area contributed by atoms with Crippen molar-refractivity contribution in [1.82, 2.24) is 14.9 Å². The largest absolute Gasteiger partial charge is 0.481 e. The topological polar surface area (TPSA) is 78.4 Å². The predicted molar refractivity (Wildman–Crippen MR) is 105 cm³/mol. The Morgan fingerprint density at radius 3 is 2.89 bits per heavy atom. The minimum Gasteiger partial charge on any atom is -0.481 e. The van der Waals surface area contributed by atoms with Crippen LogP contribution < -0.4 is 5.32 Å². The van der Waals surface area contributed by atoms with Gasteiger partial charge in [0, 0.05) is 30.3 Å². The van der Waals surface area contributed by atoms with Gasteiger partial charge < -0.3 is 10.4 Å². The first kappa shape index (κ1) is 18.3. The van der Waals surface area contributed by atoms with E-state index in [1.165, 1.54) is 23.3 Å². The molecule has 1 aromatic heterocycles. The SMILES string of the molecule is O=C(O)CCCC1CCN(Cc2ccc3c(c2)Nc2nccnc2S3)CC1. The molecule has 27 heavy (non-hydrogen) atoms. The number of piperidine rings is 1. The van der Waals surface area contributed by atoms with Crippen LogP contribution in [0.4, 0.5) is 11.5 Å². The van der Waals surface area contributed by atoms with Crippen molar-refractivity contribution in [1.29, 1.82) is 0 Å². The molecule has 4 rings (SSSR count). The van der Waals surface area contributed by atoms with Gasteiger partial charge >= 0.3 is 5.97 Å². The first-order valence-electron chi connectivity index (χ1n) is 9.50. The summed E-state index contributed by atoms with van der Waals surface area (Å²) >= 11 is 1.66. The number of anilines is 2. The van der Waals surface area contributed by atoms with Crippen LogP contribution in [-0.4, -0.2) is 39.0 Å². The second-order valence-corrected chi connectivity index (χ2v) is 8.30. The number of carbonyl (C=O) groups is 1. The van der Waals surface area contributed by atoms with Crippen LogP contribution in [0.1, 0.15) is 37.7 Å². The van der Waals surface area contributed by atoms with Crippen molar-refractivity contribution in [3.05, 3.63) is 36.2 Å². The van der Waals surface area contributed by atoms with Crippen molar-refractivity contribution in [2.75, 3.05) is 18.4 Å². The van der Waals surface area contributed by atoms with Crippen LogP contribution in [0.5, 0.6) is 0 Å². The highest BCUT2D eigenvalue weighted by molar-refractivity contribution is 7.99. The van der Waals surface area contributed by atoms with Gasteiger partial charge in [0.2, 0.25) is 0 Å². The molecule has 142 valence electrons. The maximum atomic E-state index is 10.6. The van der Waals surface area contributed by atoms with E-state index < -0.39 is 5.97 Å². The third-order valence-electron chi connectivity index (χ3n) is 5.28. The standard InChI is InChI=1S/C20H24N4O2S/c25-18(26)3-1-2-14-6-10-24(11-7-14)13-15-4-5-17-16(12-15)23-19-20(27-17)22-9-8-21-19/h4-5,8-9,12,14H,1-3,6-7,10-11,13H2,(H,21,23)(H,25,26). The third kappa shape index (κ3) is 4.59. The normalized spacial score (nSPS) is 17.0. The summed E-state index contributed by atoms with van der Waals surface area (Å²) in [5.41, 5.74) is 2.41. The molecular formula is C20H24N4O2S. The lowest BCUT2D eigenvalue weighted by atomic mass is 9.91. The summed E-state index contributed by atoms with van der Waals surface area (Å²) in [7, 11) is 0. The molecule has 0 aliphatic carbocycles. The molecule has 1 aromatic carbocycles. The van der Waals surface area contributed by atoms with Gasteiger partial charge in [0.1, 0.15) is 5.03 Å². The number of hydrogen-bond donors (Lipinski definition) is 2. The number of likely N-dealkylation sites (tertiary alicyclic amines) is 1. The van der Waals surface area contributed by atoms with Crippen molar-refractivity contribution in [3.63, 3.8) is 0 Å². The smallest absolute Gasteiger partial charge is 0.303 e. The van der Waals surface area contributed by atoms with Gasteiger partial charge in [0.05, 0.1) is 5.69 Å². The summed E-state index contributed by atoms with van der Waals surface area (Å²) in [5, 5.41) is 13.1. The average molecular weight is 385 g/mol. The number of hydrogen-bond acceptors (Lipinski definition) is 6. The van der Waals surface area contributed by atoms with Gasteiger partial charge in [-0.1, -0.05) is 17.8 Å². The maximum Gasteiger partial charge on any atom is 0.303 e. The highest BCUT2D eigenvalue weighted by Crippen LogP contribution is 2.42. The second-order valence-electron chi connectivity index (χ2n) is 7.27. The van der Waals surface area contributed by atoms with E-state index >= 15 is 0 Å². The lowest BCUT2D eigenvalue weighted by Gasteiger charge is -2.32. The summed E-state index contributed by atoms with van der Waals surface area (Å²) in [5.74, 6) is 0.826. The van der Waals surface area contributed by atoms with Crippen LogP contribution >= 0.6 is 11.8 Å². The molecule has 0 unspecified atom stereocenters. The van der Waals surface area contributed by atoms with Crippen LogP contribution in [0.2, 0.25) is 0 Å². The average Bonchev–Trinajstić information content (AvgIpc) is 2.67. The summed E-state index contributed by atoms with van der Waals surface area (Å²) in [4.78, 5) is 23.1. The first-order valence-corrected chi connectivity index (χ1v) is 10.3. The van der Waals surface area contributed by atoms with Crippen molar-refractivity contribution in [2.24, 2.45) is 5.92 Å². The molecular weight excluding hydrogens is 360 g/mol. The fourth-order valence-electron chi connectivity index (χ4n) is 3.81. The Hall–Kier alpha value is -2.12. The van der Waals surface area contributed by atoms with E-state index in [1.54, 1.807) is 24.2 Å². The lowest BCUT2D eigenvalue weighted by molar-refractivity contribution is -0.137. The molecule has 1 fully saturated rings. The minimum absolute atomic E-state index is 0.299. The molecule has 0 amide bonds. The zero-order valence-electron chi connectivity index (χ0n) is 15.2. The molecule has 3 heterocycles. The van der Waals surface area contributed by atoms with E-state index in [2.05, 4.69) is 38.4 Å².